The van der Waals surface area contributed by atoms with Crippen LogP contribution >= 0.6 is 0 Å². The van der Waals surface area contributed by atoms with E-state index in [2.05, 4.69) is 10.3 Å². The van der Waals surface area contributed by atoms with E-state index in [1.54, 1.807) is 36.2 Å². The van der Waals surface area contributed by atoms with Crippen LogP contribution in [0.2, 0.25) is 0 Å². The van der Waals surface area contributed by atoms with E-state index < -0.39 is 0 Å². The zero-order chi connectivity index (χ0) is 19.4. The van der Waals surface area contributed by atoms with Crippen molar-refractivity contribution in [2.75, 3.05) is 7.11 Å². The Balaban J connectivity index is 1.62. The molecule has 1 heterocycles. The summed E-state index contributed by atoms with van der Waals surface area (Å²) in [5.41, 5.74) is 3.02. The third-order valence-electron chi connectivity index (χ3n) is 4.42. The van der Waals surface area contributed by atoms with Gasteiger partial charge in [0.1, 0.15) is 17.4 Å². The highest BCUT2D eigenvalue weighted by atomic mass is 19.1. The van der Waals surface area contributed by atoms with Crippen molar-refractivity contribution in [2.45, 2.75) is 26.8 Å². The number of amides is 1. The highest BCUT2D eigenvalue weighted by Crippen LogP contribution is 2.19. The van der Waals surface area contributed by atoms with Crippen LogP contribution < -0.4 is 10.1 Å². The molecule has 0 aliphatic rings. The number of nitrogens with zero attached hydrogens (tertiary/aromatic N) is 2. The number of methoxy groups -OCH3 is 1. The van der Waals surface area contributed by atoms with Gasteiger partial charge >= 0.3 is 0 Å². The SMILES string of the molecule is COc1cc(CC(=O)NCc2ccc(-n3ccnc3C)c(F)c2)ccc1C. The number of hydrogen-bond donors (Lipinski definition) is 1. The lowest BCUT2D eigenvalue weighted by Crippen LogP contribution is -2.24. The molecule has 3 rings (SSSR count). The highest BCUT2D eigenvalue weighted by molar-refractivity contribution is 5.78. The molecule has 0 bridgehead atoms. The van der Waals surface area contributed by atoms with Crippen LogP contribution in [0.4, 0.5) is 4.39 Å². The quantitative estimate of drug-likeness (QED) is 0.726. The number of ether oxygens (including phenoxy) is 1. The van der Waals surface area contributed by atoms with E-state index >= 15 is 0 Å². The molecule has 0 spiro atoms. The number of nitrogens with one attached hydrogen (secondary N) is 1. The van der Waals surface area contributed by atoms with Crippen molar-refractivity contribution in [1.29, 1.82) is 0 Å². The van der Waals surface area contributed by atoms with Gasteiger partial charge in [-0.1, -0.05) is 18.2 Å². The minimum atomic E-state index is -0.355. The second-order valence-corrected chi connectivity index (χ2v) is 6.39. The van der Waals surface area contributed by atoms with Crippen molar-refractivity contribution in [3.05, 3.63) is 77.1 Å². The van der Waals surface area contributed by atoms with Gasteiger partial charge in [-0.3, -0.25) is 4.79 Å². The molecule has 0 radical (unpaired) electrons. The third kappa shape index (κ3) is 4.34. The Morgan fingerprint density at radius 1 is 1.19 bits per heavy atom. The van der Waals surface area contributed by atoms with E-state index in [0.717, 1.165) is 16.9 Å². The Kier molecular flexibility index (Phi) is 5.54. The van der Waals surface area contributed by atoms with Gasteiger partial charge in [0.15, 0.2) is 0 Å². The summed E-state index contributed by atoms with van der Waals surface area (Å²) in [6.07, 6.45) is 3.58. The molecule has 0 atom stereocenters. The lowest BCUT2D eigenvalue weighted by molar-refractivity contribution is -0.120. The average molecular weight is 367 g/mol. The van der Waals surface area contributed by atoms with Gasteiger partial charge in [0.2, 0.25) is 5.91 Å². The van der Waals surface area contributed by atoms with Gasteiger partial charge in [-0.2, -0.15) is 0 Å². The summed E-state index contributed by atoms with van der Waals surface area (Å²) in [5.74, 6) is 0.984. The summed E-state index contributed by atoms with van der Waals surface area (Å²) >= 11 is 0. The molecule has 27 heavy (non-hydrogen) atoms. The van der Waals surface area contributed by atoms with Crippen molar-refractivity contribution in [3.8, 4) is 11.4 Å². The fourth-order valence-electron chi connectivity index (χ4n) is 2.91. The van der Waals surface area contributed by atoms with Crippen LogP contribution in [0.15, 0.2) is 48.8 Å². The molecule has 0 unspecified atom stereocenters. The minimum Gasteiger partial charge on any atom is -0.496 e. The number of rotatable bonds is 6. The van der Waals surface area contributed by atoms with E-state index in [1.165, 1.54) is 6.07 Å². The number of imidazole rings is 1. The zero-order valence-electron chi connectivity index (χ0n) is 15.6. The Bertz CT molecular complexity index is 966. The van der Waals surface area contributed by atoms with Crippen molar-refractivity contribution in [1.82, 2.24) is 14.9 Å². The summed E-state index contributed by atoms with van der Waals surface area (Å²) in [6, 6.07) is 10.6. The summed E-state index contributed by atoms with van der Waals surface area (Å²) < 4.78 is 21.4. The van der Waals surface area contributed by atoms with Crippen molar-refractivity contribution in [3.63, 3.8) is 0 Å². The largest absolute Gasteiger partial charge is 0.496 e. The van der Waals surface area contributed by atoms with Crippen LogP contribution in [0.3, 0.4) is 0 Å². The lowest BCUT2D eigenvalue weighted by Gasteiger charge is -2.10. The molecule has 1 amide bonds. The Labute approximate surface area is 157 Å². The van der Waals surface area contributed by atoms with Gasteiger partial charge in [0.05, 0.1) is 19.2 Å². The van der Waals surface area contributed by atoms with Crippen LogP contribution in [0.25, 0.3) is 5.69 Å². The molecule has 5 nitrogen and oxygen atoms in total. The summed E-state index contributed by atoms with van der Waals surface area (Å²) in [7, 11) is 1.61. The number of halogens is 1. The molecule has 2 aromatic carbocycles. The predicted molar refractivity (Wildman–Crippen MR) is 102 cm³/mol. The van der Waals surface area contributed by atoms with Crippen molar-refractivity contribution < 1.29 is 13.9 Å². The number of hydrogen-bond acceptors (Lipinski definition) is 3. The average Bonchev–Trinajstić information content (AvgIpc) is 3.07. The monoisotopic (exact) mass is 367 g/mol. The Morgan fingerprint density at radius 3 is 2.63 bits per heavy atom. The molecule has 3 aromatic rings. The molecular formula is C21H22FN3O2. The molecule has 0 fully saturated rings. The molecule has 1 N–H and O–H groups in total. The Hall–Kier alpha value is -3.15. The van der Waals surface area contributed by atoms with Gasteiger partial charge in [0, 0.05) is 18.9 Å². The topological polar surface area (TPSA) is 56.1 Å². The van der Waals surface area contributed by atoms with Gasteiger partial charge < -0.3 is 14.6 Å². The molecule has 0 saturated heterocycles. The first-order valence-corrected chi connectivity index (χ1v) is 8.67. The molecule has 1 aromatic heterocycles. The second-order valence-electron chi connectivity index (χ2n) is 6.39. The van der Waals surface area contributed by atoms with E-state index in [4.69, 9.17) is 4.74 Å². The molecule has 6 heteroatoms. The van der Waals surface area contributed by atoms with E-state index in [9.17, 15) is 9.18 Å². The first kappa shape index (κ1) is 18.6. The maximum absolute atomic E-state index is 14.4. The number of aromatic nitrogens is 2. The number of carbonyl (C=O) groups is 1. The molecule has 0 aliphatic carbocycles. The lowest BCUT2D eigenvalue weighted by atomic mass is 10.1. The molecule has 0 saturated carbocycles. The standard InChI is InChI=1S/C21H22FN3O2/c1-14-4-5-16(11-20(14)27-3)12-21(26)24-13-17-6-7-19(18(22)10-17)25-9-8-23-15(25)2/h4-11H,12-13H2,1-3H3,(H,24,26). The second kappa shape index (κ2) is 8.03. The van der Waals surface area contributed by atoms with Gasteiger partial charge in [-0.15, -0.1) is 0 Å². The minimum absolute atomic E-state index is 0.129. The van der Waals surface area contributed by atoms with Crippen molar-refractivity contribution in [2.24, 2.45) is 0 Å². The van der Waals surface area contributed by atoms with Gasteiger partial charge in [-0.05, 0) is 48.7 Å². The normalized spacial score (nSPS) is 10.7. The fraction of sp³-hybridized carbons (Fsp3) is 0.238. The number of aryl methyl sites for hydroxylation is 2. The molecular weight excluding hydrogens is 345 g/mol. The zero-order valence-corrected chi connectivity index (χ0v) is 15.6. The van der Waals surface area contributed by atoms with Crippen LogP contribution in [0.1, 0.15) is 22.5 Å². The van der Waals surface area contributed by atoms with Crippen LogP contribution in [0, 0.1) is 19.7 Å². The maximum atomic E-state index is 14.4. The van der Waals surface area contributed by atoms with Gasteiger partial charge in [0.25, 0.3) is 0 Å². The first-order valence-electron chi connectivity index (χ1n) is 8.67. The highest BCUT2D eigenvalue weighted by Gasteiger charge is 2.10. The smallest absolute Gasteiger partial charge is 0.224 e. The maximum Gasteiger partial charge on any atom is 0.224 e. The fourth-order valence-corrected chi connectivity index (χ4v) is 2.91. The van der Waals surface area contributed by atoms with Crippen LogP contribution in [-0.4, -0.2) is 22.6 Å². The van der Waals surface area contributed by atoms with Crippen LogP contribution in [0.5, 0.6) is 5.75 Å². The van der Waals surface area contributed by atoms with E-state index in [1.807, 2.05) is 32.0 Å². The number of benzene rings is 2. The first-order chi connectivity index (χ1) is 13.0. The van der Waals surface area contributed by atoms with Crippen LogP contribution in [-0.2, 0) is 17.8 Å². The van der Waals surface area contributed by atoms with Gasteiger partial charge in [-0.25, -0.2) is 9.37 Å². The summed E-state index contributed by atoms with van der Waals surface area (Å²) in [4.78, 5) is 16.3. The number of carbonyl (C=O) groups excluding carboxylic acids is 1. The summed E-state index contributed by atoms with van der Waals surface area (Å²) in [5, 5.41) is 2.83. The van der Waals surface area contributed by atoms with Crippen molar-refractivity contribution >= 4 is 5.91 Å². The van der Waals surface area contributed by atoms with E-state index in [-0.39, 0.29) is 24.7 Å². The Morgan fingerprint density at radius 2 is 1.96 bits per heavy atom. The predicted octanol–water partition coefficient (Wildman–Crippen LogP) is 3.50. The summed E-state index contributed by atoms with van der Waals surface area (Å²) in [6.45, 7) is 4.03. The molecule has 0 aliphatic heterocycles. The third-order valence-corrected chi connectivity index (χ3v) is 4.42. The van der Waals surface area contributed by atoms with E-state index in [0.29, 0.717) is 17.1 Å². The molecule has 140 valence electrons.